The van der Waals surface area contributed by atoms with Crippen molar-refractivity contribution in [2.75, 3.05) is 6.26 Å². The van der Waals surface area contributed by atoms with Crippen molar-refractivity contribution in [3.8, 4) is 11.3 Å². The number of oxazole rings is 1. The van der Waals surface area contributed by atoms with Crippen LogP contribution in [0.3, 0.4) is 0 Å². The summed E-state index contributed by atoms with van der Waals surface area (Å²) in [6.07, 6.45) is 2.11. The maximum atomic E-state index is 11.5. The van der Waals surface area contributed by atoms with Gasteiger partial charge >= 0.3 is 5.97 Å². The predicted octanol–water partition coefficient (Wildman–Crippen LogP) is 2.21. The molecule has 0 fully saturated rings. The quantitative estimate of drug-likeness (QED) is 0.915. The molecule has 0 aliphatic carbocycles. The van der Waals surface area contributed by atoms with Gasteiger partial charge in [-0.2, -0.15) is 0 Å². The van der Waals surface area contributed by atoms with Crippen LogP contribution in [-0.2, 0) is 9.84 Å². The second kappa shape index (κ2) is 4.78. The molecule has 1 aromatic carbocycles. The molecular weight excluding hydrogens is 338 g/mol. The Bertz CT molecular complexity index is 750. The van der Waals surface area contributed by atoms with Gasteiger partial charge in [-0.1, -0.05) is 0 Å². The Kier molecular flexibility index (Phi) is 3.46. The number of hydrogen-bond donors (Lipinski definition) is 1. The third-order valence-electron chi connectivity index (χ3n) is 2.36. The Hall–Kier alpha value is -1.67. The van der Waals surface area contributed by atoms with Gasteiger partial charge in [0.15, 0.2) is 27.7 Å². The molecule has 0 unspecified atom stereocenters. The molecule has 19 heavy (non-hydrogen) atoms. The van der Waals surface area contributed by atoms with E-state index in [0.29, 0.717) is 10.0 Å². The Labute approximate surface area is 117 Å². The fourth-order valence-electron chi connectivity index (χ4n) is 1.55. The standard InChI is InChI=1S/C11H8BrNO5S/c1-19(16,17)8-3-2-6(4-7(8)12)10-9(11(14)15)13-5-18-10/h2-5H,1H3,(H,14,15). The molecule has 0 bridgehead atoms. The highest BCUT2D eigenvalue weighted by molar-refractivity contribution is 9.10. The van der Waals surface area contributed by atoms with E-state index in [0.717, 1.165) is 12.6 Å². The molecule has 0 atom stereocenters. The zero-order chi connectivity index (χ0) is 14.2. The number of carboxylic acids is 1. The van der Waals surface area contributed by atoms with Crippen molar-refractivity contribution in [2.24, 2.45) is 0 Å². The average molecular weight is 346 g/mol. The summed E-state index contributed by atoms with van der Waals surface area (Å²) in [7, 11) is -3.35. The van der Waals surface area contributed by atoms with E-state index in [9.17, 15) is 13.2 Å². The van der Waals surface area contributed by atoms with Crippen molar-refractivity contribution >= 4 is 31.7 Å². The van der Waals surface area contributed by atoms with Gasteiger partial charge in [-0.25, -0.2) is 18.2 Å². The lowest BCUT2D eigenvalue weighted by Gasteiger charge is -2.04. The molecule has 0 saturated heterocycles. The molecule has 6 nitrogen and oxygen atoms in total. The number of halogens is 1. The SMILES string of the molecule is CS(=O)(=O)c1ccc(-c2ocnc2C(=O)O)cc1Br. The molecule has 0 saturated carbocycles. The summed E-state index contributed by atoms with van der Waals surface area (Å²) in [6, 6.07) is 4.32. The molecule has 1 heterocycles. The van der Waals surface area contributed by atoms with Crippen LogP contribution in [0.1, 0.15) is 10.5 Å². The Morgan fingerprint density at radius 1 is 1.42 bits per heavy atom. The van der Waals surface area contributed by atoms with E-state index in [1.54, 1.807) is 0 Å². The lowest BCUT2D eigenvalue weighted by atomic mass is 10.1. The second-order valence-electron chi connectivity index (χ2n) is 3.75. The van der Waals surface area contributed by atoms with E-state index in [1.807, 2.05) is 0 Å². The van der Waals surface area contributed by atoms with Crippen LogP contribution in [0, 0.1) is 0 Å². The van der Waals surface area contributed by atoms with Crippen LogP contribution in [0.15, 0.2) is 38.4 Å². The fraction of sp³-hybridized carbons (Fsp3) is 0.0909. The highest BCUT2D eigenvalue weighted by Crippen LogP contribution is 2.30. The van der Waals surface area contributed by atoms with Crippen LogP contribution in [0.4, 0.5) is 0 Å². The number of carboxylic acid groups (broad SMARTS) is 1. The Morgan fingerprint density at radius 3 is 2.63 bits per heavy atom. The third-order valence-corrected chi connectivity index (χ3v) is 4.44. The van der Waals surface area contributed by atoms with Gasteiger partial charge in [-0.05, 0) is 34.1 Å². The summed E-state index contributed by atoms with van der Waals surface area (Å²) < 4.78 is 28.3. The summed E-state index contributed by atoms with van der Waals surface area (Å²) in [4.78, 5) is 14.6. The molecule has 0 aliphatic heterocycles. The lowest BCUT2D eigenvalue weighted by Crippen LogP contribution is -2.00. The normalized spacial score (nSPS) is 11.5. The zero-order valence-corrected chi connectivity index (χ0v) is 12.0. The van der Waals surface area contributed by atoms with Gasteiger partial charge in [0.25, 0.3) is 0 Å². The van der Waals surface area contributed by atoms with Crippen LogP contribution in [-0.4, -0.2) is 30.7 Å². The molecule has 2 rings (SSSR count). The van der Waals surface area contributed by atoms with E-state index in [2.05, 4.69) is 20.9 Å². The fourth-order valence-corrected chi connectivity index (χ4v) is 3.54. The summed E-state index contributed by atoms with van der Waals surface area (Å²) in [5, 5.41) is 8.94. The first-order valence-corrected chi connectivity index (χ1v) is 7.66. The molecule has 0 spiro atoms. The van der Waals surface area contributed by atoms with Crippen molar-refractivity contribution in [3.05, 3.63) is 34.8 Å². The minimum atomic E-state index is -3.35. The van der Waals surface area contributed by atoms with Crippen LogP contribution < -0.4 is 0 Å². The predicted molar refractivity (Wildman–Crippen MR) is 69.7 cm³/mol. The number of hydrogen-bond acceptors (Lipinski definition) is 5. The number of rotatable bonds is 3. The van der Waals surface area contributed by atoms with Gasteiger partial charge in [0.1, 0.15) is 0 Å². The third kappa shape index (κ3) is 2.69. The van der Waals surface area contributed by atoms with E-state index >= 15 is 0 Å². The molecule has 2 aromatic rings. The second-order valence-corrected chi connectivity index (χ2v) is 6.59. The van der Waals surface area contributed by atoms with E-state index in [-0.39, 0.29) is 16.3 Å². The molecular formula is C11H8BrNO5S. The van der Waals surface area contributed by atoms with Gasteiger partial charge in [0.05, 0.1) is 4.90 Å². The van der Waals surface area contributed by atoms with Crippen molar-refractivity contribution in [3.63, 3.8) is 0 Å². The first-order chi connectivity index (χ1) is 8.80. The Balaban J connectivity index is 2.57. The summed E-state index contributed by atoms with van der Waals surface area (Å²) in [6.45, 7) is 0. The molecule has 1 aromatic heterocycles. The van der Waals surface area contributed by atoms with Gasteiger partial charge in [-0.3, -0.25) is 0 Å². The zero-order valence-electron chi connectivity index (χ0n) is 9.62. The van der Waals surface area contributed by atoms with Crippen molar-refractivity contribution < 1.29 is 22.7 Å². The van der Waals surface area contributed by atoms with Crippen LogP contribution in [0.25, 0.3) is 11.3 Å². The Morgan fingerprint density at radius 2 is 2.11 bits per heavy atom. The number of sulfone groups is 1. The number of benzene rings is 1. The van der Waals surface area contributed by atoms with Crippen LogP contribution >= 0.6 is 15.9 Å². The first kappa shape index (κ1) is 13.8. The summed E-state index contributed by atoms with van der Waals surface area (Å²) >= 11 is 3.14. The first-order valence-electron chi connectivity index (χ1n) is 4.97. The van der Waals surface area contributed by atoms with Crippen LogP contribution in [0.5, 0.6) is 0 Å². The summed E-state index contributed by atoms with van der Waals surface area (Å²) in [5.74, 6) is -1.14. The van der Waals surface area contributed by atoms with Gasteiger partial charge < -0.3 is 9.52 Å². The molecule has 0 radical (unpaired) electrons. The van der Waals surface area contributed by atoms with Gasteiger partial charge in [0.2, 0.25) is 0 Å². The number of aromatic carboxylic acids is 1. The monoisotopic (exact) mass is 345 g/mol. The van der Waals surface area contributed by atoms with Gasteiger partial charge in [-0.15, -0.1) is 0 Å². The van der Waals surface area contributed by atoms with E-state index in [4.69, 9.17) is 9.52 Å². The minimum Gasteiger partial charge on any atom is -0.476 e. The number of carbonyl (C=O) groups is 1. The van der Waals surface area contributed by atoms with Gasteiger partial charge in [0, 0.05) is 16.3 Å². The number of nitrogens with zero attached hydrogens (tertiary/aromatic N) is 1. The molecule has 8 heteroatoms. The van der Waals surface area contributed by atoms with Crippen molar-refractivity contribution in [1.29, 1.82) is 0 Å². The maximum absolute atomic E-state index is 11.5. The molecule has 1 N–H and O–H groups in total. The van der Waals surface area contributed by atoms with E-state index in [1.165, 1.54) is 18.2 Å². The van der Waals surface area contributed by atoms with Crippen molar-refractivity contribution in [2.45, 2.75) is 4.90 Å². The van der Waals surface area contributed by atoms with Crippen molar-refractivity contribution in [1.82, 2.24) is 4.98 Å². The highest BCUT2D eigenvalue weighted by Gasteiger charge is 2.19. The van der Waals surface area contributed by atoms with E-state index < -0.39 is 15.8 Å². The molecule has 100 valence electrons. The lowest BCUT2D eigenvalue weighted by molar-refractivity contribution is 0.0691. The largest absolute Gasteiger partial charge is 0.476 e. The topological polar surface area (TPSA) is 97.5 Å². The molecule has 0 aliphatic rings. The smallest absolute Gasteiger partial charge is 0.358 e. The average Bonchev–Trinajstić information content (AvgIpc) is 2.75. The maximum Gasteiger partial charge on any atom is 0.358 e. The summed E-state index contributed by atoms with van der Waals surface area (Å²) in [5.41, 5.74) is 0.202. The number of aromatic nitrogens is 1. The minimum absolute atomic E-state index is 0.0771. The molecule has 0 amide bonds. The highest BCUT2D eigenvalue weighted by atomic mass is 79.9. The van der Waals surface area contributed by atoms with Crippen LogP contribution in [0.2, 0.25) is 0 Å².